The Morgan fingerprint density at radius 2 is 2.20 bits per heavy atom. The van der Waals surface area contributed by atoms with Crippen molar-refractivity contribution in [3.63, 3.8) is 0 Å². The number of anilines is 1. The third kappa shape index (κ3) is 2.18. The van der Waals surface area contributed by atoms with E-state index in [4.69, 9.17) is 9.47 Å². The van der Waals surface area contributed by atoms with Crippen LogP contribution in [0.3, 0.4) is 0 Å². The molecule has 0 unspecified atom stereocenters. The molecule has 1 amide bonds. The van der Waals surface area contributed by atoms with Crippen molar-refractivity contribution in [1.29, 1.82) is 0 Å². The molecule has 1 aromatic heterocycles. The lowest BCUT2D eigenvalue weighted by atomic mass is 9.95. The number of fused-ring (bicyclic) bond motifs is 1. The molecule has 0 bridgehead atoms. The molecule has 0 atom stereocenters. The minimum absolute atomic E-state index is 0.318. The number of thiophene rings is 1. The largest absolute Gasteiger partial charge is 0.462 e. The minimum Gasteiger partial charge on any atom is -0.462 e. The average Bonchev–Trinajstić information content (AvgIpc) is 3.01. The first-order valence-corrected chi connectivity index (χ1v) is 7.80. The predicted molar refractivity (Wildman–Crippen MR) is 75.6 cm³/mol. The molecule has 1 aliphatic carbocycles. The second kappa shape index (κ2) is 5.44. The molecule has 2 aliphatic rings. The van der Waals surface area contributed by atoms with Gasteiger partial charge in [0, 0.05) is 4.88 Å². The fourth-order valence-electron chi connectivity index (χ4n) is 2.73. The van der Waals surface area contributed by atoms with E-state index in [9.17, 15) is 9.59 Å². The van der Waals surface area contributed by atoms with Crippen LogP contribution in [0.1, 0.15) is 40.6 Å². The second-order valence-corrected chi connectivity index (χ2v) is 5.96. The monoisotopic (exact) mass is 295 g/mol. The van der Waals surface area contributed by atoms with Gasteiger partial charge in [-0.25, -0.2) is 9.59 Å². The smallest absolute Gasteiger partial charge is 0.415 e. The summed E-state index contributed by atoms with van der Waals surface area (Å²) in [6, 6.07) is 0. The normalized spacial score (nSPS) is 17.9. The van der Waals surface area contributed by atoms with E-state index in [0.29, 0.717) is 30.3 Å². The van der Waals surface area contributed by atoms with E-state index >= 15 is 0 Å². The maximum atomic E-state index is 12.3. The summed E-state index contributed by atoms with van der Waals surface area (Å²) >= 11 is 1.54. The molecule has 0 radical (unpaired) electrons. The summed E-state index contributed by atoms with van der Waals surface area (Å²) in [5.41, 5.74) is 1.67. The number of carbonyl (C=O) groups excluding carboxylic acids is 2. The Morgan fingerprint density at radius 3 is 2.90 bits per heavy atom. The first-order valence-electron chi connectivity index (χ1n) is 6.98. The molecule has 1 fully saturated rings. The van der Waals surface area contributed by atoms with E-state index in [1.54, 1.807) is 23.2 Å². The number of cyclic esters (lactones) is 1. The number of aryl methyl sites for hydroxylation is 1. The summed E-state index contributed by atoms with van der Waals surface area (Å²) in [6.45, 7) is 3.02. The molecule has 0 spiro atoms. The molecule has 1 saturated heterocycles. The molecule has 6 heteroatoms. The Kier molecular flexibility index (Phi) is 3.65. The van der Waals surface area contributed by atoms with Gasteiger partial charge in [-0.1, -0.05) is 0 Å². The van der Waals surface area contributed by atoms with Crippen LogP contribution in [-0.4, -0.2) is 31.8 Å². The Hall–Kier alpha value is -1.56. The number of esters is 1. The van der Waals surface area contributed by atoms with Gasteiger partial charge in [0.1, 0.15) is 11.6 Å². The van der Waals surface area contributed by atoms with Gasteiger partial charge >= 0.3 is 12.1 Å². The molecular formula is C14H17NO4S. The highest BCUT2D eigenvalue weighted by Crippen LogP contribution is 2.41. The van der Waals surface area contributed by atoms with Crippen LogP contribution in [0, 0.1) is 0 Å². The van der Waals surface area contributed by atoms with Crippen molar-refractivity contribution in [2.75, 3.05) is 24.7 Å². The quantitative estimate of drug-likeness (QED) is 0.805. The van der Waals surface area contributed by atoms with Crippen molar-refractivity contribution in [3.05, 3.63) is 16.0 Å². The second-order valence-electron chi connectivity index (χ2n) is 4.88. The van der Waals surface area contributed by atoms with Crippen LogP contribution in [0.4, 0.5) is 9.80 Å². The predicted octanol–water partition coefficient (Wildman–Crippen LogP) is 2.76. The van der Waals surface area contributed by atoms with Gasteiger partial charge in [-0.2, -0.15) is 0 Å². The Labute approximate surface area is 121 Å². The fourth-order valence-corrected chi connectivity index (χ4v) is 4.12. The number of hydrogen-bond donors (Lipinski definition) is 0. The first kappa shape index (κ1) is 13.4. The van der Waals surface area contributed by atoms with Crippen LogP contribution < -0.4 is 4.90 Å². The number of carbonyl (C=O) groups is 2. The van der Waals surface area contributed by atoms with Gasteiger partial charge in [0.2, 0.25) is 0 Å². The van der Waals surface area contributed by atoms with E-state index in [2.05, 4.69) is 0 Å². The SMILES string of the molecule is CCOC(=O)c1c(N2CCOC2=O)sc2c1CCCC2. The van der Waals surface area contributed by atoms with Crippen LogP contribution in [0.15, 0.2) is 0 Å². The van der Waals surface area contributed by atoms with Crippen molar-refractivity contribution in [2.24, 2.45) is 0 Å². The molecule has 20 heavy (non-hydrogen) atoms. The molecule has 0 aromatic carbocycles. The maximum Gasteiger partial charge on any atom is 0.415 e. The zero-order valence-electron chi connectivity index (χ0n) is 11.4. The van der Waals surface area contributed by atoms with Crippen molar-refractivity contribution >= 4 is 28.4 Å². The van der Waals surface area contributed by atoms with Gasteiger partial charge in [-0.3, -0.25) is 4.90 Å². The summed E-state index contributed by atoms with van der Waals surface area (Å²) in [5, 5.41) is 0.706. The van der Waals surface area contributed by atoms with E-state index in [1.165, 1.54) is 4.88 Å². The average molecular weight is 295 g/mol. The highest BCUT2D eigenvalue weighted by Gasteiger charge is 2.34. The lowest BCUT2D eigenvalue weighted by Crippen LogP contribution is -2.25. The lowest BCUT2D eigenvalue weighted by Gasteiger charge is -2.14. The van der Waals surface area contributed by atoms with Crippen LogP contribution >= 0.6 is 11.3 Å². The van der Waals surface area contributed by atoms with Gasteiger partial charge < -0.3 is 9.47 Å². The van der Waals surface area contributed by atoms with Crippen molar-refractivity contribution in [2.45, 2.75) is 32.6 Å². The highest BCUT2D eigenvalue weighted by atomic mass is 32.1. The molecule has 1 aliphatic heterocycles. The third-order valence-corrected chi connectivity index (χ3v) is 4.95. The maximum absolute atomic E-state index is 12.3. The van der Waals surface area contributed by atoms with E-state index in [-0.39, 0.29) is 12.1 Å². The number of nitrogens with zero attached hydrogens (tertiary/aromatic N) is 1. The van der Waals surface area contributed by atoms with Crippen molar-refractivity contribution in [3.8, 4) is 0 Å². The van der Waals surface area contributed by atoms with Crippen LogP contribution in [-0.2, 0) is 22.3 Å². The summed E-state index contributed by atoms with van der Waals surface area (Å²) in [5.74, 6) is -0.318. The topological polar surface area (TPSA) is 55.8 Å². The fraction of sp³-hybridized carbons (Fsp3) is 0.571. The summed E-state index contributed by atoms with van der Waals surface area (Å²) in [7, 11) is 0. The molecule has 3 rings (SSSR count). The van der Waals surface area contributed by atoms with Gasteiger partial charge in [0.15, 0.2) is 0 Å². The summed E-state index contributed by atoms with van der Waals surface area (Å²) < 4.78 is 10.2. The molecular weight excluding hydrogens is 278 g/mol. The lowest BCUT2D eigenvalue weighted by molar-refractivity contribution is 0.0526. The van der Waals surface area contributed by atoms with Gasteiger partial charge in [-0.15, -0.1) is 11.3 Å². The minimum atomic E-state index is -0.367. The van der Waals surface area contributed by atoms with Crippen LogP contribution in [0.25, 0.3) is 0 Å². The number of rotatable bonds is 3. The van der Waals surface area contributed by atoms with Crippen molar-refractivity contribution < 1.29 is 19.1 Å². The Morgan fingerprint density at radius 1 is 1.40 bits per heavy atom. The van der Waals surface area contributed by atoms with E-state index in [0.717, 1.165) is 31.2 Å². The van der Waals surface area contributed by atoms with Gasteiger partial charge in [0.25, 0.3) is 0 Å². The number of hydrogen-bond acceptors (Lipinski definition) is 5. The van der Waals surface area contributed by atoms with Crippen LogP contribution in [0.5, 0.6) is 0 Å². The molecule has 108 valence electrons. The van der Waals surface area contributed by atoms with Gasteiger partial charge in [0.05, 0.1) is 18.7 Å². The first-order chi connectivity index (χ1) is 9.72. The molecule has 1 aromatic rings. The number of amides is 1. The zero-order chi connectivity index (χ0) is 14.1. The summed E-state index contributed by atoms with van der Waals surface area (Å²) in [6.07, 6.45) is 3.73. The third-order valence-electron chi connectivity index (χ3n) is 3.64. The summed E-state index contributed by atoms with van der Waals surface area (Å²) in [4.78, 5) is 26.8. The standard InChI is InChI=1S/C14H17NO4S/c1-2-18-13(16)11-9-5-3-4-6-10(9)20-12(11)15-7-8-19-14(15)17/h2-8H2,1H3. The molecule has 2 heterocycles. The van der Waals surface area contributed by atoms with E-state index < -0.39 is 0 Å². The Bertz CT molecular complexity index is 552. The molecule has 0 saturated carbocycles. The van der Waals surface area contributed by atoms with Crippen LogP contribution in [0.2, 0.25) is 0 Å². The Balaban J connectivity index is 2.05. The molecule has 5 nitrogen and oxygen atoms in total. The van der Waals surface area contributed by atoms with Crippen molar-refractivity contribution in [1.82, 2.24) is 0 Å². The zero-order valence-corrected chi connectivity index (χ0v) is 12.3. The van der Waals surface area contributed by atoms with E-state index in [1.807, 2.05) is 0 Å². The molecule has 0 N–H and O–H groups in total. The van der Waals surface area contributed by atoms with Gasteiger partial charge in [-0.05, 0) is 38.2 Å². The highest BCUT2D eigenvalue weighted by molar-refractivity contribution is 7.17. The number of ether oxygens (including phenoxy) is 2.